The molecule has 0 spiro atoms. The standard InChI is InChI=1S/C11H11NO2P/c1-9-6-10(4-3-5-12)8-11(7-9)15(13)14-2/h3-4,6-8H,1-2H3/q+1. The van der Waals surface area contributed by atoms with Gasteiger partial charge in [-0.1, -0.05) is 6.07 Å². The van der Waals surface area contributed by atoms with Crippen LogP contribution in [0.3, 0.4) is 0 Å². The minimum Gasteiger partial charge on any atom is -0.193 e. The van der Waals surface area contributed by atoms with Gasteiger partial charge >= 0.3 is 8.03 Å². The average Bonchev–Trinajstić information content (AvgIpc) is 2.24. The van der Waals surface area contributed by atoms with Crippen LogP contribution >= 0.6 is 8.03 Å². The Morgan fingerprint density at radius 2 is 2.20 bits per heavy atom. The Hall–Kier alpha value is -1.49. The van der Waals surface area contributed by atoms with E-state index in [0.717, 1.165) is 11.1 Å². The van der Waals surface area contributed by atoms with Crippen LogP contribution in [-0.2, 0) is 9.09 Å². The predicted octanol–water partition coefficient (Wildman–Crippen LogP) is 2.55. The van der Waals surface area contributed by atoms with Crippen molar-refractivity contribution < 1.29 is 9.09 Å². The van der Waals surface area contributed by atoms with Gasteiger partial charge in [-0.3, -0.25) is 0 Å². The molecule has 4 heteroatoms. The third-order valence-electron chi connectivity index (χ3n) is 1.81. The van der Waals surface area contributed by atoms with Crippen LogP contribution in [0.5, 0.6) is 0 Å². The van der Waals surface area contributed by atoms with Gasteiger partial charge in [-0.05, 0) is 34.8 Å². The highest BCUT2D eigenvalue weighted by atomic mass is 31.1. The lowest BCUT2D eigenvalue weighted by Gasteiger charge is -1.95. The molecule has 0 amide bonds. The molecule has 1 unspecified atom stereocenters. The summed E-state index contributed by atoms with van der Waals surface area (Å²) in [6, 6.07) is 7.39. The number of allylic oxidation sites excluding steroid dienone is 1. The van der Waals surface area contributed by atoms with Gasteiger partial charge in [0, 0.05) is 12.1 Å². The molecule has 0 aliphatic rings. The van der Waals surface area contributed by atoms with Crippen molar-refractivity contribution in [3.8, 4) is 6.07 Å². The molecule has 3 nitrogen and oxygen atoms in total. The van der Waals surface area contributed by atoms with Crippen molar-refractivity contribution in [2.24, 2.45) is 0 Å². The molecule has 0 N–H and O–H groups in total. The first-order valence-electron chi connectivity index (χ1n) is 4.36. The van der Waals surface area contributed by atoms with E-state index < -0.39 is 8.03 Å². The molecule has 0 heterocycles. The van der Waals surface area contributed by atoms with Crippen LogP contribution in [0.4, 0.5) is 0 Å². The third kappa shape index (κ3) is 3.28. The van der Waals surface area contributed by atoms with Crippen molar-refractivity contribution in [2.45, 2.75) is 6.92 Å². The zero-order valence-corrected chi connectivity index (χ0v) is 9.49. The summed E-state index contributed by atoms with van der Waals surface area (Å²) in [7, 11) is -0.379. The lowest BCUT2D eigenvalue weighted by molar-refractivity contribution is 0.423. The maximum absolute atomic E-state index is 11.4. The van der Waals surface area contributed by atoms with E-state index in [0.29, 0.717) is 5.30 Å². The highest BCUT2D eigenvalue weighted by Crippen LogP contribution is 2.21. The fourth-order valence-corrected chi connectivity index (χ4v) is 2.01. The average molecular weight is 220 g/mol. The van der Waals surface area contributed by atoms with Crippen LogP contribution in [-0.4, -0.2) is 7.11 Å². The van der Waals surface area contributed by atoms with Crippen molar-refractivity contribution in [2.75, 3.05) is 7.11 Å². The predicted molar refractivity (Wildman–Crippen MR) is 60.1 cm³/mol. The molecular weight excluding hydrogens is 209 g/mol. The SMILES string of the molecule is CO[P+](=O)c1cc(C)cc(C=CC#N)c1. The molecular formula is C11H11NO2P+. The van der Waals surface area contributed by atoms with Gasteiger partial charge in [0.2, 0.25) is 5.30 Å². The van der Waals surface area contributed by atoms with Gasteiger partial charge in [0.25, 0.3) is 0 Å². The largest absolute Gasteiger partial charge is 0.548 e. The maximum atomic E-state index is 11.4. The number of hydrogen-bond acceptors (Lipinski definition) is 3. The second-order valence-electron chi connectivity index (χ2n) is 3.00. The van der Waals surface area contributed by atoms with Gasteiger partial charge in [0.1, 0.15) is 0 Å². The first kappa shape index (κ1) is 11.6. The van der Waals surface area contributed by atoms with E-state index in [1.54, 1.807) is 12.1 Å². The highest BCUT2D eigenvalue weighted by molar-refractivity contribution is 7.48. The summed E-state index contributed by atoms with van der Waals surface area (Å²) < 4.78 is 16.2. The van der Waals surface area contributed by atoms with Crippen LogP contribution in [0.2, 0.25) is 0 Å². The molecule has 1 aromatic carbocycles. The normalized spacial score (nSPS) is 11.4. The third-order valence-corrected chi connectivity index (χ3v) is 2.82. The molecule has 0 saturated carbocycles. The Morgan fingerprint density at radius 3 is 2.80 bits per heavy atom. The van der Waals surface area contributed by atoms with Crippen molar-refractivity contribution in [1.82, 2.24) is 0 Å². The summed E-state index contributed by atoms with van der Waals surface area (Å²) in [6.07, 6.45) is 3.06. The zero-order chi connectivity index (χ0) is 11.3. The molecule has 76 valence electrons. The second kappa shape index (κ2) is 5.41. The molecule has 0 fully saturated rings. The molecule has 0 bridgehead atoms. The number of rotatable bonds is 3. The Bertz CT molecular complexity index is 446. The van der Waals surface area contributed by atoms with Crippen molar-refractivity contribution in [1.29, 1.82) is 5.26 Å². The van der Waals surface area contributed by atoms with Gasteiger partial charge in [0.05, 0.1) is 13.2 Å². The fourth-order valence-electron chi connectivity index (χ4n) is 1.23. The Kier molecular flexibility index (Phi) is 4.17. The first-order chi connectivity index (χ1) is 7.17. The fraction of sp³-hybridized carbons (Fsp3) is 0.182. The number of aryl methyl sites for hydroxylation is 1. The Labute approximate surface area is 89.9 Å². The maximum Gasteiger partial charge on any atom is 0.548 e. The molecule has 1 aromatic rings. The summed E-state index contributed by atoms with van der Waals surface area (Å²) in [6.45, 7) is 1.91. The first-order valence-corrected chi connectivity index (χ1v) is 5.54. The number of hydrogen-bond donors (Lipinski definition) is 0. The quantitative estimate of drug-likeness (QED) is 0.581. The highest BCUT2D eigenvalue weighted by Gasteiger charge is 2.20. The summed E-state index contributed by atoms with van der Waals surface area (Å²) in [5, 5.41) is 9.05. The lowest BCUT2D eigenvalue weighted by Crippen LogP contribution is -1.99. The van der Waals surface area contributed by atoms with E-state index in [9.17, 15) is 4.57 Å². The van der Waals surface area contributed by atoms with E-state index in [1.165, 1.54) is 13.2 Å². The number of nitriles is 1. The molecule has 0 aliphatic carbocycles. The molecule has 0 aromatic heterocycles. The molecule has 0 saturated heterocycles. The lowest BCUT2D eigenvalue weighted by atomic mass is 10.1. The minimum absolute atomic E-state index is 0.644. The van der Waals surface area contributed by atoms with Crippen LogP contribution in [0.1, 0.15) is 11.1 Å². The molecule has 0 radical (unpaired) electrons. The van der Waals surface area contributed by atoms with Gasteiger partial charge in [-0.2, -0.15) is 5.26 Å². The molecule has 1 atom stereocenters. The van der Waals surface area contributed by atoms with E-state index in [1.807, 2.05) is 25.1 Å². The molecule has 1 rings (SSSR count). The van der Waals surface area contributed by atoms with Gasteiger partial charge in [-0.15, -0.1) is 4.52 Å². The van der Waals surface area contributed by atoms with Crippen LogP contribution in [0.15, 0.2) is 24.3 Å². The summed E-state index contributed by atoms with van der Waals surface area (Å²) in [5.74, 6) is 0. The van der Waals surface area contributed by atoms with E-state index in [-0.39, 0.29) is 0 Å². The topological polar surface area (TPSA) is 50.1 Å². The Balaban J connectivity index is 3.11. The smallest absolute Gasteiger partial charge is 0.193 e. The number of nitrogens with zero attached hydrogens (tertiary/aromatic N) is 1. The van der Waals surface area contributed by atoms with Crippen LogP contribution in [0, 0.1) is 18.3 Å². The van der Waals surface area contributed by atoms with Crippen molar-refractivity contribution in [3.05, 3.63) is 35.4 Å². The van der Waals surface area contributed by atoms with Gasteiger partial charge in [0.15, 0.2) is 0 Å². The van der Waals surface area contributed by atoms with E-state index in [2.05, 4.69) is 0 Å². The number of benzene rings is 1. The molecule has 15 heavy (non-hydrogen) atoms. The summed E-state index contributed by atoms with van der Waals surface area (Å²) >= 11 is 0. The minimum atomic E-state index is -1.79. The van der Waals surface area contributed by atoms with Gasteiger partial charge in [-0.25, -0.2) is 0 Å². The van der Waals surface area contributed by atoms with E-state index >= 15 is 0 Å². The van der Waals surface area contributed by atoms with Crippen molar-refractivity contribution in [3.63, 3.8) is 0 Å². The second-order valence-corrected chi connectivity index (χ2v) is 4.40. The molecule has 0 aliphatic heterocycles. The van der Waals surface area contributed by atoms with Crippen LogP contribution < -0.4 is 5.30 Å². The summed E-state index contributed by atoms with van der Waals surface area (Å²) in [4.78, 5) is 0. The van der Waals surface area contributed by atoms with E-state index in [4.69, 9.17) is 9.79 Å². The van der Waals surface area contributed by atoms with Crippen molar-refractivity contribution >= 4 is 19.4 Å². The van der Waals surface area contributed by atoms with Gasteiger partial charge < -0.3 is 0 Å². The zero-order valence-electron chi connectivity index (χ0n) is 8.60. The van der Waals surface area contributed by atoms with Crippen LogP contribution in [0.25, 0.3) is 6.08 Å². The summed E-state index contributed by atoms with van der Waals surface area (Å²) in [5.41, 5.74) is 1.84. The monoisotopic (exact) mass is 220 g/mol. The Morgan fingerprint density at radius 1 is 1.47 bits per heavy atom.